The predicted octanol–water partition coefficient (Wildman–Crippen LogP) is 1.15. The molecule has 0 spiro atoms. The maximum atomic E-state index is 12.7. The molecule has 1 amide bonds. The Labute approximate surface area is 128 Å². The lowest BCUT2D eigenvalue weighted by Gasteiger charge is -2.24. The molecular formula is C14H17NO6S. The molecule has 0 aromatic heterocycles. The number of methoxy groups -OCH3 is 1. The number of ether oxygens (including phenoxy) is 2. The van der Waals surface area contributed by atoms with E-state index in [0.717, 1.165) is 4.31 Å². The second-order valence-corrected chi connectivity index (χ2v) is 6.48. The summed E-state index contributed by atoms with van der Waals surface area (Å²) in [4.78, 5) is 23.3. The number of sulfonamides is 1. The van der Waals surface area contributed by atoms with Gasteiger partial charge in [-0.2, -0.15) is 0 Å². The van der Waals surface area contributed by atoms with E-state index < -0.39 is 28.1 Å². The number of benzene rings is 1. The fourth-order valence-electron chi connectivity index (χ4n) is 2.28. The van der Waals surface area contributed by atoms with Gasteiger partial charge in [0.15, 0.2) is 0 Å². The average molecular weight is 327 g/mol. The highest BCUT2D eigenvalue weighted by molar-refractivity contribution is 7.89. The Hall–Kier alpha value is -1.93. The smallest absolute Gasteiger partial charge is 0.337 e. The van der Waals surface area contributed by atoms with E-state index in [1.165, 1.54) is 31.4 Å². The second-order valence-electron chi connectivity index (χ2n) is 4.66. The van der Waals surface area contributed by atoms with Gasteiger partial charge < -0.3 is 9.47 Å². The van der Waals surface area contributed by atoms with E-state index in [4.69, 9.17) is 4.74 Å². The van der Waals surface area contributed by atoms with Crippen molar-refractivity contribution in [1.29, 1.82) is 0 Å². The van der Waals surface area contributed by atoms with Crippen LogP contribution in [0.4, 0.5) is 0 Å². The average Bonchev–Trinajstić information content (AvgIpc) is 2.88. The summed E-state index contributed by atoms with van der Waals surface area (Å²) < 4.78 is 36.0. The quantitative estimate of drug-likeness (QED) is 0.754. The van der Waals surface area contributed by atoms with Gasteiger partial charge in [0.05, 0.1) is 17.6 Å². The minimum Gasteiger partial charge on any atom is -0.465 e. The van der Waals surface area contributed by atoms with Crippen LogP contribution in [0.25, 0.3) is 0 Å². The van der Waals surface area contributed by atoms with Crippen molar-refractivity contribution in [2.45, 2.75) is 30.9 Å². The molecule has 0 N–H and O–H groups in total. The zero-order valence-corrected chi connectivity index (χ0v) is 13.1. The molecule has 1 atom stereocenters. The van der Waals surface area contributed by atoms with Crippen molar-refractivity contribution in [2.24, 2.45) is 0 Å². The van der Waals surface area contributed by atoms with Gasteiger partial charge >= 0.3 is 5.97 Å². The molecule has 7 nitrogen and oxygen atoms in total. The third-order valence-corrected chi connectivity index (χ3v) is 5.09. The summed E-state index contributed by atoms with van der Waals surface area (Å²) in [5, 5.41) is 0. The van der Waals surface area contributed by atoms with Crippen LogP contribution in [0.3, 0.4) is 0 Å². The first-order valence-electron chi connectivity index (χ1n) is 6.79. The number of carbonyl (C=O) groups is 2. The van der Waals surface area contributed by atoms with Crippen LogP contribution in [0, 0.1) is 0 Å². The molecule has 0 radical (unpaired) electrons. The van der Waals surface area contributed by atoms with Crippen LogP contribution in [-0.4, -0.2) is 44.5 Å². The van der Waals surface area contributed by atoms with Crippen LogP contribution in [-0.2, 0) is 24.3 Å². The highest BCUT2D eigenvalue weighted by atomic mass is 32.2. The van der Waals surface area contributed by atoms with Gasteiger partial charge in [-0.05, 0) is 25.1 Å². The second kappa shape index (κ2) is 6.45. The molecule has 1 aliphatic heterocycles. The molecule has 1 saturated heterocycles. The molecule has 1 aromatic carbocycles. The fraction of sp³-hybridized carbons (Fsp3) is 0.429. The molecule has 1 aromatic rings. The lowest BCUT2D eigenvalue weighted by molar-refractivity contribution is -0.128. The van der Waals surface area contributed by atoms with Gasteiger partial charge in [0.25, 0.3) is 10.0 Å². The van der Waals surface area contributed by atoms with Gasteiger partial charge in [-0.3, -0.25) is 4.79 Å². The molecule has 120 valence electrons. The van der Waals surface area contributed by atoms with Gasteiger partial charge in [0.1, 0.15) is 6.23 Å². The van der Waals surface area contributed by atoms with E-state index in [1.54, 1.807) is 6.92 Å². The third kappa shape index (κ3) is 2.97. The molecule has 1 aliphatic rings. The van der Waals surface area contributed by atoms with Crippen LogP contribution < -0.4 is 0 Å². The number of hydrogen-bond acceptors (Lipinski definition) is 6. The Bertz CT molecular complexity index is 684. The predicted molar refractivity (Wildman–Crippen MR) is 76.5 cm³/mol. The lowest BCUT2D eigenvalue weighted by Crippen LogP contribution is -2.40. The minimum atomic E-state index is -4.07. The highest BCUT2D eigenvalue weighted by Crippen LogP contribution is 2.28. The molecule has 1 unspecified atom stereocenters. The summed E-state index contributed by atoms with van der Waals surface area (Å²) in [5.41, 5.74) is 0.100. The van der Waals surface area contributed by atoms with Crippen LogP contribution in [0.1, 0.15) is 30.1 Å². The number of rotatable bonds is 5. The maximum Gasteiger partial charge on any atom is 0.337 e. The molecule has 0 saturated carbocycles. The van der Waals surface area contributed by atoms with Crippen LogP contribution >= 0.6 is 0 Å². The summed E-state index contributed by atoms with van der Waals surface area (Å²) >= 11 is 0. The van der Waals surface area contributed by atoms with Crippen LogP contribution in [0.15, 0.2) is 29.2 Å². The van der Waals surface area contributed by atoms with Crippen molar-refractivity contribution in [2.75, 3.05) is 13.7 Å². The number of hydrogen-bond donors (Lipinski definition) is 0. The summed E-state index contributed by atoms with van der Waals surface area (Å²) in [6.45, 7) is 2.03. The summed E-state index contributed by atoms with van der Waals surface area (Å²) in [7, 11) is -2.87. The van der Waals surface area contributed by atoms with E-state index in [2.05, 4.69) is 4.74 Å². The first-order chi connectivity index (χ1) is 10.4. The first kappa shape index (κ1) is 16.4. The Balaban J connectivity index is 2.41. The van der Waals surface area contributed by atoms with Gasteiger partial charge in [0.2, 0.25) is 5.91 Å². The van der Waals surface area contributed by atoms with E-state index >= 15 is 0 Å². The zero-order chi connectivity index (χ0) is 16.3. The number of esters is 1. The Morgan fingerprint density at radius 1 is 1.41 bits per heavy atom. The number of carbonyl (C=O) groups excluding carboxylic acids is 2. The molecule has 1 heterocycles. The largest absolute Gasteiger partial charge is 0.465 e. The molecule has 0 aliphatic carbocycles. The van der Waals surface area contributed by atoms with Crippen molar-refractivity contribution in [3.63, 3.8) is 0 Å². The molecule has 22 heavy (non-hydrogen) atoms. The number of nitrogens with zero attached hydrogens (tertiary/aromatic N) is 1. The van der Waals surface area contributed by atoms with E-state index in [9.17, 15) is 18.0 Å². The van der Waals surface area contributed by atoms with Crippen molar-refractivity contribution in [3.8, 4) is 0 Å². The monoisotopic (exact) mass is 327 g/mol. The van der Waals surface area contributed by atoms with Crippen molar-refractivity contribution in [3.05, 3.63) is 29.8 Å². The van der Waals surface area contributed by atoms with Gasteiger partial charge in [-0.25, -0.2) is 17.5 Å². The van der Waals surface area contributed by atoms with Gasteiger partial charge in [-0.1, -0.05) is 6.07 Å². The molecule has 0 bridgehead atoms. The SMILES string of the molecule is CCOC1CCC(=O)N1S(=O)(=O)c1cccc(C(=O)OC)c1. The highest BCUT2D eigenvalue weighted by Gasteiger charge is 2.41. The summed E-state index contributed by atoms with van der Waals surface area (Å²) in [6.07, 6.45) is -0.368. The molecule has 8 heteroatoms. The summed E-state index contributed by atoms with van der Waals surface area (Å²) in [5.74, 6) is -1.16. The van der Waals surface area contributed by atoms with E-state index in [1.807, 2.05) is 0 Å². The molecular weight excluding hydrogens is 310 g/mol. The third-order valence-electron chi connectivity index (χ3n) is 3.28. The van der Waals surface area contributed by atoms with E-state index in [0.29, 0.717) is 13.0 Å². The molecule has 2 rings (SSSR count). The standard InChI is InChI=1S/C14H17NO6S/c1-3-21-13-8-7-12(16)15(13)22(18,19)11-6-4-5-10(9-11)14(17)20-2/h4-6,9,13H,3,7-8H2,1-2H3. The topological polar surface area (TPSA) is 90.0 Å². The summed E-state index contributed by atoms with van der Waals surface area (Å²) in [6, 6.07) is 5.39. The van der Waals surface area contributed by atoms with Crippen LogP contribution in [0.2, 0.25) is 0 Å². The lowest BCUT2D eigenvalue weighted by atomic mass is 10.2. The Morgan fingerprint density at radius 3 is 2.77 bits per heavy atom. The Morgan fingerprint density at radius 2 is 2.14 bits per heavy atom. The Kier molecular flexibility index (Phi) is 4.82. The van der Waals surface area contributed by atoms with Crippen LogP contribution in [0.5, 0.6) is 0 Å². The van der Waals surface area contributed by atoms with E-state index in [-0.39, 0.29) is 16.9 Å². The fourth-order valence-corrected chi connectivity index (χ4v) is 3.87. The zero-order valence-electron chi connectivity index (χ0n) is 12.3. The van der Waals surface area contributed by atoms with Gasteiger partial charge in [-0.15, -0.1) is 0 Å². The molecule has 1 fully saturated rings. The minimum absolute atomic E-state index is 0.100. The maximum absolute atomic E-state index is 12.7. The van der Waals surface area contributed by atoms with Crippen molar-refractivity contribution in [1.82, 2.24) is 4.31 Å². The van der Waals surface area contributed by atoms with Gasteiger partial charge in [0, 0.05) is 19.4 Å². The van der Waals surface area contributed by atoms with Crippen molar-refractivity contribution >= 4 is 21.9 Å². The normalized spacial score (nSPS) is 18.5. The first-order valence-corrected chi connectivity index (χ1v) is 8.23. The van der Waals surface area contributed by atoms with Crippen molar-refractivity contribution < 1.29 is 27.5 Å². The number of amides is 1.